The molecule has 32 heavy (non-hydrogen) atoms. The van der Waals surface area contributed by atoms with Crippen LogP contribution in [0.25, 0.3) is 0 Å². The summed E-state index contributed by atoms with van der Waals surface area (Å²) in [5, 5.41) is 14.4. The van der Waals surface area contributed by atoms with Gasteiger partial charge in [-0.2, -0.15) is 0 Å². The number of carbonyl (C=O) groups is 3. The minimum Gasteiger partial charge on any atom is -0.480 e. The van der Waals surface area contributed by atoms with E-state index in [9.17, 15) is 19.5 Å². The third kappa shape index (κ3) is 11.1. The number of hydrogen-bond donors (Lipinski definition) is 3. The van der Waals surface area contributed by atoms with Gasteiger partial charge in [-0.1, -0.05) is 30.3 Å². The van der Waals surface area contributed by atoms with Gasteiger partial charge in [-0.15, -0.1) is 0 Å². The van der Waals surface area contributed by atoms with Crippen LogP contribution in [0.3, 0.4) is 0 Å². The van der Waals surface area contributed by atoms with Crippen LogP contribution in [0.5, 0.6) is 0 Å². The highest BCUT2D eigenvalue weighted by molar-refractivity contribution is 5.89. The normalized spacial score (nSPS) is 14.7. The maximum Gasteiger partial charge on any atom is 0.408 e. The fourth-order valence-corrected chi connectivity index (χ4v) is 2.68. The summed E-state index contributed by atoms with van der Waals surface area (Å²) in [6, 6.07) is 6.60. The molecular formula is C23H36N2O7. The standard InChI is InChI=1S/C23H36N2O7/c1-15(32-23(5,6)7)18(25-21(29)30-13-16-11-9-8-10-12-16)19(26)24-17(20(27)28)14-31-22(2,3)4/h8-12,15,17-18H,13-14H2,1-7H3,(H,24,26)(H,25,29)(H,27,28)/t15-,17+,18+/m1/s1. The lowest BCUT2D eigenvalue weighted by Gasteiger charge is -2.31. The van der Waals surface area contributed by atoms with Gasteiger partial charge in [-0.05, 0) is 54.0 Å². The van der Waals surface area contributed by atoms with Crippen LogP contribution in [-0.4, -0.2) is 59.1 Å². The van der Waals surface area contributed by atoms with E-state index in [-0.39, 0.29) is 13.2 Å². The van der Waals surface area contributed by atoms with Gasteiger partial charge in [0.05, 0.1) is 23.9 Å². The minimum absolute atomic E-state index is 0.0205. The molecule has 0 bridgehead atoms. The Morgan fingerprint density at radius 2 is 1.56 bits per heavy atom. The molecule has 3 atom stereocenters. The van der Waals surface area contributed by atoms with Gasteiger partial charge >= 0.3 is 12.1 Å². The summed E-state index contributed by atoms with van der Waals surface area (Å²) in [5.41, 5.74) is -0.400. The summed E-state index contributed by atoms with van der Waals surface area (Å²) in [4.78, 5) is 36.9. The Morgan fingerprint density at radius 1 is 0.969 bits per heavy atom. The molecule has 3 N–H and O–H groups in total. The number of rotatable bonds is 10. The van der Waals surface area contributed by atoms with Crippen molar-refractivity contribution in [2.75, 3.05) is 6.61 Å². The Bertz CT molecular complexity index is 754. The van der Waals surface area contributed by atoms with Gasteiger partial charge in [0.25, 0.3) is 0 Å². The van der Waals surface area contributed by atoms with Gasteiger partial charge in [-0.25, -0.2) is 9.59 Å². The Labute approximate surface area is 189 Å². The first-order valence-electron chi connectivity index (χ1n) is 10.5. The number of benzene rings is 1. The van der Waals surface area contributed by atoms with Gasteiger partial charge in [0, 0.05) is 0 Å². The largest absolute Gasteiger partial charge is 0.480 e. The Balaban J connectivity index is 2.89. The molecule has 0 aromatic heterocycles. The van der Waals surface area contributed by atoms with E-state index in [1.807, 2.05) is 39.0 Å². The molecule has 1 aromatic rings. The van der Waals surface area contributed by atoms with E-state index in [0.29, 0.717) is 0 Å². The molecule has 0 saturated carbocycles. The van der Waals surface area contributed by atoms with Crippen LogP contribution in [0.2, 0.25) is 0 Å². The number of aliphatic carboxylic acids is 1. The van der Waals surface area contributed by atoms with Crippen molar-refractivity contribution in [3.05, 3.63) is 35.9 Å². The Kier molecular flexibility index (Phi) is 10.1. The first-order chi connectivity index (χ1) is 14.7. The van der Waals surface area contributed by atoms with Crippen LogP contribution in [0.4, 0.5) is 4.79 Å². The molecule has 0 saturated heterocycles. The average Bonchev–Trinajstić information content (AvgIpc) is 2.66. The highest BCUT2D eigenvalue weighted by atomic mass is 16.6. The molecule has 0 aliphatic heterocycles. The van der Waals surface area contributed by atoms with Crippen LogP contribution >= 0.6 is 0 Å². The van der Waals surface area contributed by atoms with Crippen molar-refractivity contribution in [2.45, 2.75) is 84.5 Å². The number of hydrogen-bond acceptors (Lipinski definition) is 6. The number of alkyl carbamates (subject to hydrolysis) is 1. The number of amides is 2. The number of ether oxygens (including phenoxy) is 3. The molecule has 2 amide bonds. The van der Waals surface area contributed by atoms with Crippen LogP contribution in [-0.2, 0) is 30.4 Å². The third-order valence-corrected chi connectivity index (χ3v) is 4.08. The van der Waals surface area contributed by atoms with Gasteiger partial charge in [-0.3, -0.25) is 4.79 Å². The van der Waals surface area contributed by atoms with Gasteiger partial charge < -0.3 is 30.0 Å². The zero-order valence-corrected chi connectivity index (χ0v) is 19.9. The number of carboxylic acid groups (broad SMARTS) is 1. The molecule has 1 aromatic carbocycles. The van der Waals surface area contributed by atoms with Crippen molar-refractivity contribution in [2.24, 2.45) is 0 Å². The van der Waals surface area contributed by atoms with Crippen molar-refractivity contribution in [3.8, 4) is 0 Å². The lowest BCUT2D eigenvalue weighted by atomic mass is 10.1. The highest BCUT2D eigenvalue weighted by Gasteiger charge is 2.34. The topological polar surface area (TPSA) is 123 Å². The van der Waals surface area contributed by atoms with E-state index in [0.717, 1.165) is 5.56 Å². The fourth-order valence-electron chi connectivity index (χ4n) is 2.68. The molecule has 9 heteroatoms. The fraction of sp³-hybridized carbons (Fsp3) is 0.609. The van der Waals surface area contributed by atoms with Crippen molar-refractivity contribution in [1.82, 2.24) is 10.6 Å². The van der Waals surface area contributed by atoms with Crippen LogP contribution in [0.1, 0.15) is 54.0 Å². The maximum absolute atomic E-state index is 12.9. The molecular weight excluding hydrogens is 416 g/mol. The van der Waals surface area contributed by atoms with E-state index in [4.69, 9.17) is 14.2 Å². The first kappa shape index (κ1) is 27.4. The van der Waals surface area contributed by atoms with E-state index in [2.05, 4.69) is 10.6 Å². The molecule has 0 unspecified atom stereocenters. The van der Waals surface area contributed by atoms with E-state index < -0.39 is 47.4 Å². The third-order valence-electron chi connectivity index (χ3n) is 4.08. The summed E-state index contributed by atoms with van der Waals surface area (Å²) < 4.78 is 16.5. The van der Waals surface area contributed by atoms with Crippen molar-refractivity contribution >= 4 is 18.0 Å². The smallest absolute Gasteiger partial charge is 0.408 e. The van der Waals surface area contributed by atoms with E-state index in [1.165, 1.54) is 0 Å². The quantitative estimate of drug-likeness (QED) is 0.499. The first-order valence-corrected chi connectivity index (χ1v) is 10.5. The number of nitrogens with one attached hydrogen (secondary N) is 2. The highest BCUT2D eigenvalue weighted by Crippen LogP contribution is 2.14. The summed E-state index contributed by atoms with van der Waals surface area (Å²) in [7, 11) is 0. The second-order valence-electron chi connectivity index (χ2n) is 9.44. The Morgan fingerprint density at radius 3 is 2.06 bits per heavy atom. The number of carboxylic acids is 1. The lowest BCUT2D eigenvalue weighted by molar-refractivity contribution is -0.147. The molecule has 0 radical (unpaired) electrons. The maximum atomic E-state index is 12.9. The van der Waals surface area contributed by atoms with Crippen LogP contribution in [0, 0.1) is 0 Å². The second kappa shape index (κ2) is 11.8. The van der Waals surface area contributed by atoms with Crippen molar-refractivity contribution < 1.29 is 33.7 Å². The van der Waals surface area contributed by atoms with Crippen LogP contribution < -0.4 is 10.6 Å². The summed E-state index contributed by atoms with van der Waals surface area (Å²) >= 11 is 0. The van der Waals surface area contributed by atoms with Crippen LogP contribution in [0.15, 0.2) is 30.3 Å². The van der Waals surface area contributed by atoms with E-state index in [1.54, 1.807) is 39.8 Å². The van der Waals surface area contributed by atoms with E-state index >= 15 is 0 Å². The SMILES string of the molecule is C[C@@H](OC(C)(C)C)[C@H](NC(=O)OCc1ccccc1)C(=O)N[C@@H](COC(C)(C)C)C(=O)O. The molecule has 0 fully saturated rings. The molecule has 9 nitrogen and oxygen atoms in total. The zero-order chi connectivity index (χ0) is 24.5. The Hall–Kier alpha value is -2.65. The monoisotopic (exact) mass is 452 g/mol. The minimum atomic E-state index is -1.30. The average molecular weight is 453 g/mol. The molecule has 1 rings (SSSR count). The van der Waals surface area contributed by atoms with Crippen molar-refractivity contribution in [3.63, 3.8) is 0 Å². The lowest BCUT2D eigenvalue weighted by Crippen LogP contribution is -2.58. The second-order valence-corrected chi connectivity index (χ2v) is 9.44. The van der Waals surface area contributed by atoms with Crippen molar-refractivity contribution in [1.29, 1.82) is 0 Å². The van der Waals surface area contributed by atoms with Gasteiger partial charge in [0.1, 0.15) is 12.6 Å². The van der Waals surface area contributed by atoms with Gasteiger partial charge in [0.15, 0.2) is 6.04 Å². The molecule has 0 aliphatic carbocycles. The summed E-state index contributed by atoms with van der Waals surface area (Å²) in [6.45, 7) is 12.2. The molecule has 0 spiro atoms. The molecule has 0 aliphatic rings. The molecule has 180 valence electrons. The summed E-state index contributed by atoms with van der Waals surface area (Å²) in [6.07, 6.45) is -1.59. The van der Waals surface area contributed by atoms with Gasteiger partial charge in [0.2, 0.25) is 5.91 Å². The zero-order valence-electron chi connectivity index (χ0n) is 19.9. The number of carbonyl (C=O) groups excluding carboxylic acids is 2. The predicted molar refractivity (Wildman–Crippen MR) is 119 cm³/mol. The summed E-state index contributed by atoms with van der Waals surface area (Å²) in [5.74, 6) is -1.97. The predicted octanol–water partition coefficient (Wildman–Crippen LogP) is 2.87. The molecule has 0 heterocycles.